The fourth-order valence-electron chi connectivity index (χ4n) is 7.56. The van der Waals surface area contributed by atoms with Crippen LogP contribution in [0.2, 0.25) is 0 Å². The van der Waals surface area contributed by atoms with Crippen molar-refractivity contribution in [2.24, 2.45) is 0 Å². The van der Waals surface area contributed by atoms with Crippen molar-refractivity contribution < 1.29 is 28.6 Å². The van der Waals surface area contributed by atoms with Crippen LogP contribution in [0.4, 0.5) is 0 Å². The van der Waals surface area contributed by atoms with E-state index in [4.69, 9.17) is 14.2 Å². The van der Waals surface area contributed by atoms with Crippen LogP contribution in [-0.4, -0.2) is 37.2 Å². The maximum atomic E-state index is 12.8. The Balaban J connectivity index is 4.26. The molecule has 0 aliphatic heterocycles. The Morgan fingerprint density at radius 1 is 0.286 bits per heavy atom. The summed E-state index contributed by atoms with van der Waals surface area (Å²) in [5.74, 6) is -0.847. The molecule has 6 nitrogen and oxygen atoms in total. The van der Waals surface area contributed by atoms with Crippen molar-refractivity contribution >= 4 is 17.9 Å². The van der Waals surface area contributed by atoms with E-state index in [1.54, 1.807) is 0 Å². The molecule has 1 atom stereocenters. The third-order valence-electron chi connectivity index (χ3n) is 11.4. The van der Waals surface area contributed by atoms with Crippen LogP contribution >= 0.6 is 0 Å². The fourth-order valence-corrected chi connectivity index (χ4v) is 7.56. The smallest absolute Gasteiger partial charge is 0.306 e. The zero-order chi connectivity index (χ0) is 40.8. The predicted molar refractivity (Wildman–Crippen MR) is 238 cm³/mol. The van der Waals surface area contributed by atoms with Gasteiger partial charge in [-0.25, -0.2) is 0 Å². The van der Waals surface area contributed by atoms with Gasteiger partial charge in [-0.15, -0.1) is 0 Å². The predicted octanol–water partition coefficient (Wildman–Crippen LogP) is 16.0. The van der Waals surface area contributed by atoms with Gasteiger partial charge in [0.25, 0.3) is 0 Å². The third-order valence-corrected chi connectivity index (χ3v) is 11.4. The van der Waals surface area contributed by atoms with E-state index in [0.717, 1.165) is 57.8 Å². The van der Waals surface area contributed by atoms with Gasteiger partial charge >= 0.3 is 17.9 Å². The number of esters is 3. The molecule has 56 heavy (non-hydrogen) atoms. The van der Waals surface area contributed by atoms with Crippen LogP contribution in [0, 0.1) is 0 Å². The molecule has 0 spiro atoms. The van der Waals surface area contributed by atoms with Crippen LogP contribution in [0.15, 0.2) is 0 Å². The van der Waals surface area contributed by atoms with E-state index in [9.17, 15) is 14.4 Å². The topological polar surface area (TPSA) is 78.9 Å². The monoisotopic (exact) mass is 793 g/mol. The number of carbonyl (C=O) groups is 3. The molecule has 0 aromatic heterocycles. The molecule has 0 aliphatic carbocycles. The number of hydrogen-bond donors (Lipinski definition) is 0. The van der Waals surface area contributed by atoms with Crippen LogP contribution in [0.3, 0.4) is 0 Å². The fraction of sp³-hybridized carbons (Fsp3) is 0.940. The largest absolute Gasteiger partial charge is 0.462 e. The summed E-state index contributed by atoms with van der Waals surface area (Å²) < 4.78 is 16.7. The molecule has 0 aromatic rings. The number of rotatable bonds is 46. The lowest BCUT2D eigenvalue weighted by Gasteiger charge is -2.18. The first-order valence-corrected chi connectivity index (χ1v) is 25.0. The highest BCUT2D eigenvalue weighted by molar-refractivity contribution is 5.71. The standard InChI is InChI=1S/C50H96O6/c1-4-7-10-13-16-19-21-23-24-25-26-27-29-32-35-38-41-44-50(53)56-47(45-54-48(51)42-39-36-33-30-18-15-12-9-6-3)46-55-49(52)43-40-37-34-31-28-22-20-17-14-11-8-5-2/h47H,4-46H2,1-3H3/t47-/m0/s1. The van der Waals surface area contributed by atoms with Crippen molar-refractivity contribution in [3.05, 3.63) is 0 Å². The molecule has 0 fully saturated rings. The van der Waals surface area contributed by atoms with Gasteiger partial charge in [-0.3, -0.25) is 14.4 Å². The molecule has 0 amide bonds. The highest BCUT2D eigenvalue weighted by Crippen LogP contribution is 2.16. The molecule has 0 saturated carbocycles. The first-order valence-electron chi connectivity index (χ1n) is 25.0. The third kappa shape index (κ3) is 43.5. The van der Waals surface area contributed by atoms with Gasteiger partial charge in [0.15, 0.2) is 6.10 Å². The van der Waals surface area contributed by atoms with E-state index >= 15 is 0 Å². The molecule has 0 saturated heterocycles. The van der Waals surface area contributed by atoms with Crippen LogP contribution in [0.1, 0.15) is 284 Å². The van der Waals surface area contributed by atoms with Crippen molar-refractivity contribution in [2.45, 2.75) is 290 Å². The van der Waals surface area contributed by atoms with Crippen LogP contribution in [-0.2, 0) is 28.6 Å². The summed E-state index contributed by atoms with van der Waals surface area (Å²) >= 11 is 0. The van der Waals surface area contributed by atoms with E-state index in [2.05, 4.69) is 20.8 Å². The lowest BCUT2D eigenvalue weighted by molar-refractivity contribution is -0.167. The molecule has 0 aliphatic rings. The van der Waals surface area contributed by atoms with Crippen molar-refractivity contribution in [3.8, 4) is 0 Å². The van der Waals surface area contributed by atoms with Gasteiger partial charge in [0, 0.05) is 19.3 Å². The van der Waals surface area contributed by atoms with Crippen molar-refractivity contribution in [1.82, 2.24) is 0 Å². The van der Waals surface area contributed by atoms with Crippen molar-refractivity contribution in [1.29, 1.82) is 0 Å². The number of ether oxygens (including phenoxy) is 3. The van der Waals surface area contributed by atoms with E-state index < -0.39 is 6.10 Å². The highest BCUT2D eigenvalue weighted by atomic mass is 16.6. The quantitative estimate of drug-likeness (QED) is 0.0347. The summed E-state index contributed by atoms with van der Waals surface area (Å²) in [6.07, 6.45) is 48.0. The van der Waals surface area contributed by atoms with Gasteiger partial charge in [-0.2, -0.15) is 0 Å². The van der Waals surface area contributed by atoms with Crippen LogP contribution in [0.25, 0.3) is 0 Å². The minimum Gasteiger partial charge on any atom is -0.462 e. The van der Waals surface area contributed by atoms with Gasteiger partial charge in [-0.05, 0) is 19.3 Å². The molecule has 6 heteroatoms. The summed E-state index contributed by atoms with van der Waals surface area (Å²) in [5, 5.41) is 0. The van der Waals surface area contributed by atoms with Gasteiger partial charge < -0.3 is 14.2 Å². The normalized spacial score (nSPS) is 11.8. The Kier molecular flexibility index (Phi) is 44.8. The Morgan fingerprint density at radius 3 is 0.714 bits per heavy atom. The van der Waals surface area contributed by atoms with Gasteiger partial charge in [0.05, 0.1) is 0 Å². The first kappa shape index (κ1) is 54.4. The minimum absolute atomic E-state index is 0.0623. The van der Waals surface area contributed by atoms with Gasteiger partial charge in [0.1, 0.15) is 13.2 Å². The Labute approximate surface area is 348 Å². The number of unbranched alkanes of at least 4 members (excludes halogenated alkanes) is 35. The average molecular weight is 793 g/mol. The Hall–Kier alpha value is -1.59. The summed E-state index contributed by atoms with van der Waals surface area (Å²) in [4.78, 5) is 37.8. The first-order chi connectivity index (χ1) is 27.5. The van der Waals surface area contributed by atoms with E-state index in [-0.39, 0.29) is 31.1 Å². The maximum Gasteiger partial charge on any atom is 0.306 e. The van der Waals surface area contributed by atoms with Crippen LogP contribution in [0.5, 0.6) is 0 Å². The molecule has 0 aromatic carbocycles. The summed E-state index contributed by atoms with van der Waals surface area (Å²) in [5.41, 5.74) is 0. The number of carbonyl (C=O) groups excluding carboxylic acids is 3. The van der Waals surface area contributed by atoms with Crippen molar-refractivity contribution in [2.75, 3.05) is 13.2 Å². The second-order valence-corrected chi connectivity index (χ2v) is 17.1. The van der Waals surface area contributed by atoms with Crippen molar-refractivity contribution in [3.63, 3.8) is 0 Å². The zero-order valence-electron chi connectivity index (χ0n) is 37.9. The summed E-state index contributed by atoms with van der Waals surface area (Å²) in [7, 11) is 0. The molecular weight excluding hydrogens is 697 g/mol. The van der Waals surface area contributed by atoms with E-state index in [0.29, 0.717) is 19.3 Å². The zero-order valence-corrected chi connectivity index (χ0v) is 37.9. The molecule has 0 bridgehead atoms. The molecule has 0 unspecified atom stereocenters. The summed E-state index contributed by atoms with van der Waals surface area (Å²) in [6, 6.07) is 0. The molecule has 0 N–H and O–H groups in total. The Morgan fingerprint density at radius 2 is 0.482 bits per heavy atom. The SMILES string of the molecule is CCCCCCCCCCCCCCCCCCCC(=O)O[C@@H](COC(=O)CCCCCCCCCCC)COC(=O)CCCCCCCCCCCCCC. The average Bonchev–Trinajstić information content (AvgIpc) is 3.19. The second-order valence-electron chi connectivity index (χ2n) is 17.1. The van der Waals surface area contributed by atoms with Gasteiger partial charge in [-0.1, -0.05) is 245 Å². The Bertz CT molecular complexity index is 828. The molecule has 332 valence electrons. The maximum absolute atomic E-state index is 12.8. The lowest BCUT2D eigenvalue weighted by Crippen LogP contribution is -2.30. The minimum atomic E-state index is -0.758. The molecule has 0 rings (SSSR count). The second kappa shape index (κ2) is 46.1. The summed E-state index contributed by atoms with van der Waals surface area (Å²) in [6.45, 7) is 6.65. The molecule has 0 heterocycles. The number of hydrogen-bond acceptors (Lipinski definition) is 6. The lowest BCUT2D eigenvalue weighted by atomic mass is 10.0. The van der Waals surface area contributed by atoms with E-state index in [1.807, 2.05) is 0 Å². The van der Waals surface area contributed by atoms with E-state index in [1.165, 1.54) is 186 Å². The highest BCUT2D eigenvalue weighted by Gasteiger charge is 2.19. The van der Waals surface area contributed by atoms with Gasteiger partial charge in [0.2, 0.25) is 0 Å². The molecule has 0 radical (unpaired) electrons. The van der Waals surface area contributed by atoms with Crippen LogP contribution < -0.4 is 0 Å². The molecular formula is C50H96O6.